The molecule has 0 aromatic carbocycles. The Balaban J connectivity index is 1.54. The highest BCUT2D eigenvalue weighted by Crippen LogP contribution is 2.66. The zero-order valence-corrected chi connectivity index (χ0v) is 20.3. The van der Waals surface area contributed by atoms with Crippen molar-refractivity contribution in [1.82, 2.24) is 0 Å². The van der Waals surface area contributed by atoms with Gasteiger partial charge in [-0.25, -0.2) is 0 Å². The second kappa shape index (κ2) is 8.27. The molecule has 30 heavy (non-hydrogen) atoms. The molecule has 0 spiro atoms. The van der Waals surface area contributed by atoms with E-state index < -0.39 is 0 Å². The summed E-state index contributed by atoms with van der Waals surface area (Å²) in [4.78, 5) is 0. The molecule has 0 unspecified atom stereocenters. The molecule has 1 N–H and O–H groups in total. The number of fused-ring (bicyclic) bond motifs is 5. The first-order chi connectivity index (χ1) is 14.2. The molecule has 3 saturated carbocycles. The van der Waals surface area contributed by atoms with Gasteiger partial charge in [0.15, 0.2) is 0 Å². The van der Waals surface area contributed by atoms with E-state index in [9.17, 15) is 5.11 Å². The van der Waals surface area contributed by atoms with Crippen molar-refractivity contribution >= 4 is 0 Å². The van der Waals surface area contributed by atoms with Crippen molar-refractivity contribution in [2.75, 3.05) is 0 Å². The predicted molar refractivity (Wildman–Crippen MR) is 128 cm³/mol. The fourth-order valence-corrected chi connectivity index (χ4v) is 8.49. The van der Waals surface area contributed by atoms with Crippen molar-refractivity contribution in [3.63, 3.8) is 0 Å². The molecule has 0 amide bonds. The molecule has 4 aliphatic carbocycles. The Hall–Kier alpha value is -0.820. The molecule has 0 heterocycles. The SMILES string of the molecule is C=C(C)[C@H](/C=C/[C@H](C)[C@H]1CC[C@H]2C3=CC[C@H]4C[C@@H](O)CC[C@]4(C)[C@H]3CC[C@]12C)CC. The van der Waals surface area contributed by atoms with Gasteiger partial charge in [-0.2, -0.15) is 0 Å². The van der Waals surface area contributed by atoms with Crippen LogP contribution < -0.4 is 0 Å². The average Bonchev–Trinajstić information content (AvgIpc) is 3.06. The molecule has 0 bridgehead atoms. The third kappa shape index (κ3) is 3.58. The highest BCUT2D eigenvalue weighted by Gasteiger charge is 2.57. The highest BCUT2D eigenvalue weighted by atomic mass is 16.3. The van der Waals surface area contributed by atoms with Crippen LogP contribution >= 0.6 is 0 Å². The lowest BCUT2D eigenvalue weighted by atomic mass is 9.47. The normalized spacial score (nSPS) is 45.3. The molecule has 9 atom stereocenters. The topological polar surface area (TPSA) is 20.2 Å². The molecule has 4 rings (SSSR count). The van der Waals surface area contributed by atoms with Crippen molar-refractivity contribution in [2.45, 2.75) is 98.5 Å². The van der Waals surface area contributed by atoms with E-state index in [0.29, 0.717) is 28.6 Å². The largest absolute Gasteiger partial charge is 0.393 e. The van der Waals surface area contributed by atoms with Crippen LogP contribution in [0.15, 0.2) is 36.0 Å². The van der Waals surface area contributed by atoms with Crippen molar-refractivity contribution in [3.8, 4) is 0 Å². The number of aliphatic hydroxyl groups excluding tert-OH is 1. The molecule has 168 valence electrons. The lowest BCUT2D eigenvalue weighted by Crippen LogP contribution is -2.49. The van der Waals surface area contributed by atoms with E-state index in [1.54, 1.807) is 0 Å². The fourth-order valence-electron chi connectivity index (χ4n) is 8.49. The Bertz CT molecular complexity index is 716. The van der Waals surface area contributed by atoms with Crippen LogP contribution in [-0.2, 0) is 0 Å². The highest BCUT2D eigenvalue weighted by molar-refractivity contribution is 5.28. The van der Waals surface area contributed by atoms with Crippen molar-refractivity contribution in [3.05, 3.63) is 36.0 Å². The van der Waals surface area contributed by atoms with Gasteiger partial charge in [0.25, 0.3) is 0 Å². The van der Waals surface area contributed by atoms with Crippen molar-refractivity contribution in [1.29, 1.82) is 0 Å². The van der Waals surface area contributed by atoms with Crippen LogP contribution in [0.5, 0.6) is 0 Å². The van der Waals surface area contributed by atoms with Gasteiger partial charge in [-0.1, -0.05) is 63.6 Å². The van der Waals surface area contributed by atoms with Crippen LogP contribution in [0, 0.1) is 46.3 Å². The molecule has 0 aliphatic heterocycles. The minimum Gasteiger partial charge on any atom is -0.393 e. The fraction of sp³-hybridized carbons (Fsp3) is 0.793. The number of hydrogen-bond donors (Lipinski definition) is 1. The smallest absolute Gasteiger partial charge is 0.0543 e. The van der Waals surface area contributed by atoms with Gasteiger partial charge < -0.3 is 5.11 Å². The molecule has 1 heteroatoms. The first-order valence-corrected chi connectivity index (χ1v) is 12.9. The molecule has 4 aliphatic rings. The second-order valence-electron chi connectivity index (χ2n) is 12.0. The summed E-state index contributed by atoms with van der Waals surface area (Å²) in [5, 5.41) is 10.3. The average molecular weight is 411 g/mol. The summed E-state index contributed by atoms with van der Waals surface area (Å²) in [7, 11) is 0. The molecule has 0 radical (unpaired) electrons. The van der Waals surface area contributed by atoms with Gasteiger partial charge in [0.2, 0.25) is 0 Å². The number of allylic oxidation sites excluding steroid dienone is 5. The number of aliphatic hydroxyl groups is 1. The minimum absolute atomic E-state index is 0.0541. The van der Waals surface area contributed by atoms with Crippen molar-refractivity contribution < 1.29 is 5.11 Å². The van der Waals surface area contributed by atoms with Gasteiger partial charge in [-0.15, -0.1) is 0 Å². The maximum atomic E-state index is 10.3. The van der Waals surface area contributed by atoms with Crippen LogP contribution in [0.1, 0.15) is 92.4 Å². The maximum Gasteiger partial charge on any atom is 0.0543 e. The van der Waals surface area contributed by atoms with E-state index in [0.717, 1.165) is 37.0 Å². The van der Waals surface area contributed by atoms with Crippen LogP contribution in [0.3, 0.4) is 0 Å². The maximum absolute atomic E-state index is 10.3. The van der Waals surface area contributed by atoms with E-state index in [1.807, 2.05) is 5.57 Å². The summed E-state index contributed by atoms with van der Waals surface area (Å²) in [5.74, 6) is 4.27. The summed E-state index contributed by atoms with van der Waals surface area (Å²) in [6, 6.07) is 0. The van der Waals surface area contributed by atoms with Crippen LogP contribution in [0.25, 0.3) is 0 Å². The van der Waals surface area contributed by atoms with Gasteiger partial charge >= 0.3 is 0 Å². The van der Waals surface area contributed by atoms with Gasteiger partial charge in [0.1, 0.15) is 0 Å². The summed E-state index contributed by atoms with van der Waals surface area (Å²) in [6.45, 7) is 16.3. The van der Waals surface area contributed by atoms with Crippen LogP contribution in [-0.4, -0.2) is 11.2 Å². The second-order valence-corrected chi connectivity index (χ2v) is 12.0. The van der Waals surface area contributed by atoms with Crippen LogP contribution in [0.2, 0.25) is 0 Å². The molecule has 3 fully saturated rings. The molecular formula is C29H46O. The number of rotatable bonds is 5. The Kier molecular flexibility index (Phi) is 6.17. The van der Waals surface area contributed by atoms with Crippen LogP contribution in [0.4, 0.5) is 0 Å². The van der Waals surface area contributed by atoms with Crippen molar-refractivity contribution in [2.24, 2.45) is 46.3 Å². The van der Waals surface area contributed by atoms with Gasteiger partial charge in [0, 0.05) is 0 Å². The Morgan fingerprint density at radius 1 is 1.13 bits per heavy atom. The molecular weight excluding hydrogens is 364 g/mol. The standard InChI is InChI=1S/C29H46O/c1-7-21(19(2)3)9-8-20(4)25-12-13-26-24-11-10-22-18-23(30)14-16-28(22,5)27(24)15-17-29(25,26)6/h8-9,11,20-23,25-27,30H,2,7,10,12-18H2,1,3-6H3/b9-8+/t20-,21-,22-,23-,25+,26-,27-,28-,29+/m0/s1. The summed E-state index contributed by atoms with van der Waals surface area (Å²) >= 11 is 0. The summed E-state index contributed by atoms with van der Waals surface area (Å²) < 4.78 is 0. The van der Waals surface area contributed by atoms with E-state index in [2.05, 4.69) is 59.4 Å². The minimum atomic E-state index is -0.0541. The predicted octanol–water partition coefficient (Wildman–Crippen LogP) is 7.72. The molecule has 0 saturated heterocycles. The van der Waals surface area contributed by atoms with E-state index in [1.165, 1.54) is 44.1 Å². The first kappa shape index (κ1) is 22.4. The monoisotopic (exact) mass is 410 g/mol. The van der Waals surface area contributed by atoms with Gasteiger partial charge in [-0.05, 0) is 111 Å². The Morgan fingerprint density at radius 2 is 1.83 bits per heavy atom. The van der Waals surface area contributed by atoms with Gasteiger partial charge in [0.05, 0.1) is 6.10 Å². The van der Waals surface area contributed by atoms with Gasteiger partial charge in [-0.3, -0.25) is 0 Å². The molecule has 0 aromatic heterocycles. The lowest BCUT2D eigenvalue weighted by Gasteiger charge is -2.57. The zero-order valence-electron chi connectivity index (χ0n) is 20.3. The molecule has 0 aromatic rings. The Labute approximate surface area is 186 Å². The van der Waals surface area contributed by atoms with E-state index in [-0.39, 0.29) is 6.10 Å². The number of hydrogen-bond acceptors (Lipinski definition) is 1. The quantitative estimate of drug-likeness (QED) is 0.460. The summed E-state index contributed by atoms with van der Waals surface area (Å²) in [6.07, 6.45) is 18.8. The van der Waals surface area contributed by atoms with E-state index >= 15 is 0 Å². The van der Waals surface area contributed by atoms with E-state index in [4.69, 9.17) is 0 Å². The molecule has 1 nitrogen and oxygen atoms in total. The third-order valence-corrected chi connectivity index (χ3v) is 10.5. The summed E-state index contributed by atoms with van der Waals surface area (Å²) in [5.41, 5.74) is 4.04. The first-order valence-electron chi connectivity index (χ1n) is 12.9. The Morgan fingerprint density at radius 3 is 2.53 bits per heavy atom. The zero-order chi connectivity index (χ0) is 21.7. The lowest BCUT2D eigenvalue weighted by molar-refractivity contribution is -0.0414. The third-order valence-electron chi connectivity index (χ3n) is 10.5.